The molecule has 5 nitrogen and oxygen atoms in total. The first-order valence-corrected chi connectivity index (χ1v) is 10.8. The third kappa shape index (κ3) is 4.59. The Labute approximate surface area is 178 Å². The van der Waals surface area contributed by atoms with Crippen molar-refractivity contribution < 1.29 is 9.13 Å². The minimum Gasteiger partial charge on any atom is -0.381 e. The summed E-state index contributed by atoms with van der Waals surface area (Å²) in [5.74, 6) is 0.762. The average molecular weight is 411 g/mol. The van der Waals surface area contributed by atoms with Crippen LogP contribution < -0.4 is 10.2 Å². The molecule has 0 amide bonds. The van der Waals surface area contributed by atoms with Gasteiger partial charge in [0.05, 0.1) is 0 Å². The van der Waals surface area contributed by atoms with Crippen molar-refractivity contribution in [3.63, 3.8) is 0 Å². The molecule has 6 heteroatoms. The van der Waals surface area contributed by atoms with Crippen LogP contribution in [0.25, 0.3) is 0 Å². The molecule has 0 unspecified atom stereocenters. The lowest BCUT2D eigenvalue weighted by Gasteiger charge is -2.41. The molecule has 2 aliphatic rings. The third-order valence-electron chi connectivity index (χ3n) is 6.40. The molecule has 0 bridgehead atoms. The van der Waals surface area contributed by atoms with Crippen molar-refractivity contribution in [3.05, 3.63) is 66.0 Å². The van der Waals surface area contributed by atoms with Gasteiger partial charge in [0.2, 0.25) is 0 Å². The Morgan fingerprint density at radius 3 is 2.30 bits per heavy atom. The molecule has 0 spiro atoms. The van der Waals surface area contributed by atoms with Gasteiger partial charge in [-0.25, -0.2) is 4.39 Å². The zero-order valence-electron chi connectivity index (χ0n) is 17.7. The summed E-state index contributed by atoms with van der Waals surface area (Å²) in [6.07, 6.45) is 2.03. The first-order valence-electron chi connectivity index (χ1n) is 10.8. The SMILES string of the molecule is CN=C(NCC1(c2ccccc2)CCOCC1)N1CCN(c2ccc(F)cc2)CC1. The van der Waals surface area contributed by atoms with Gasteiger partial charge in [-0.1, -0.05) is 30.3 Å². The van der Waals surface area contributed by atoms with Crippen molar-refractivity contribution in [2.24, 2.45) is 4.99 Å². The maximum Gasteiger partial charge on any atom is 0.193 e. The number of ether oxygens (including phenoxy) is 1. The van der Waals surface area contributed by atoms with Gasteiger partial charge in [0.25, 0.3) is 0 Å². The van der Waals surface area contributed by atoms with Crippen LogP contribution in [-0.4, -0.2) is 63.8 Å². The second-order valence-corrected chi connectivity index (χ2v) is 8.11. The van der Waals surface area contributed by atoms with E-state index in [1.807, 2.05) is 19.2 Å². The van der Waals surface area contributed by atoms with E-state index in [0.29, 0.717) is 0 Å². The molecule has 2 aliphatic heterocycles. The molecule has 2 saturated heterocycles. The number of hydrogen-bond donors (Lipinski definition) is 1. The van der Waals surface area contributed by atoms with Crippen molar-refractivity contribution in [3.8, 4) is 0 Å². The molecule has 2 aromatic rings. The fraction of sp³-hybridized carbons (Fsp3) is 0.458. The molecule has 0 radical (unpaired) electrons. The molecule has 160 valence electrons. The molecule has 0 aliphatic carbocycles. The second kappa shape index (κ2) is 9.47. The number of guanidine groups is 1. The molecular weight excluding hydrogens is 379 g/mol. The van der Waals surface area contributed by atoms with Gasteiger partial charge in [0.1, 0.15) is 5.82 Å². The number of nitrogens with zero attached hydrogens (tertiary/aromatic N) is 3. The molecule has 2 aromatic carbocycles. The monoisotopic (exact) mass is 410 g/mol. The molecule has 4 rings (SSSR count). The van der Waals surface area contributed by atoms with Crippen LogP contribution in [0.15, 0.2) is 59.6 Å². The van der Waals surface area contributed by atoms with E-state index in [1.54, 1.807) is 0 Å². The zero-order valence-corrected chi connectivity index (χ0v) is 17.7. The van der Waals surface area contributed by atoms with Gasteiger partial charge in [0.15, 0.2) is 5.96 Å². The fourth-order valence-corrected chi connectivity index (χ4v) is 4.53. The van der Waals surface area contributed by atoms with Crippen LogP contribution in [0.5, 0.6) is 0 Å². The van der Waals surface area contributed by atoms with Crippen LogP contribution in [0.3, 0.4) is 0 Å². The van der Waals surface area contributed by atoms with E-state index in [9.17, 15) is 4.39 Å². The summed E-state index contributed by atoms with van der Waals surface area (Å²) < 4.78 is 18.9. The van der Waals surface area contributed by atoms with Gasteiger partial charge in [-0.2, -0.15) is 0 Å². The molecule has 0 atom stereocenters. The minimum absolute atomic E-state index is 0.0748. The van der Waals surface area contributed by atoms with Crippen molar-refractivity contribution >= 4 is 11.6 Å². The van der Waals surface area contributed by atoms with Gasteiger partial charge < -0.3 is 19.9 Å². The Morgan fingerprint density at radius 2 is 1.67 bits per heavy atom. The van der Waals surface area contributed by atoms with E-state index < -0.39 is 0 Å². The maximum atomic E-state index is 13.2. The first kappa shape index (κ1) is 20.7. The summed E-state index contributed by atoms with van der Waals surface area (Å²) in [5, 5.41) is 3.66. The maximum absolute atomic E-state index is 13.2. The van der Waals surface area contributed by atoms with Gasteiger partial charge in [-0.15, -0.1) is 0 Å². The number of piperazine rings is 1. The minimum atomic E-state index is -0.192. The van der Waals surface area contributed by atoms with Crippen molar-refractivity contribution in [1.82, 2.24) is 10.2 Å². The van der Waals surface area contributed by atoms with E-state index in [0.717, 1.165) is 70.4 Å². The molecule has 2 heterocycles. The highest BCUT2D eigenvalue weighted by molar-refractivity contribution is 5.80. The Hall–Kier alpha value is -2.60. The summed E-state index contributed by atoms with van der Waals surface area (Å²) in [6.45, 7) is 6.01. The first-order chi connectivity index (χ1) is 14.7. The lowest BCUT2D eigenvalue weighted by atomic mass is 9.74. The molecule has 0 aromatic heterocycles. The number of aliphatic imine (C=N–C) groups is 1. The van der Waals surface area contributed by atoms with Crippen LogP contribution in [-0.2, 0) is 10.2 Å². The standard InChI is InChI=1S/C24H31FN4O/c1-26-23(29-15-13-28(14-16-29)22-9-7-21(25)8-10-22)27-19-24(11-17-30-18-12-24)20-5-3-2-4-6-20/h2-10H,11-19H2,1H3,(H,26,27). The summed E-state index contributed by atoms with van der Waals surface area (Å²) in [4.78, 5) is 9.18. The van der Waals surface area contributed by atoms with Gasteiger partial charge in [-0.05, 0) is 42.7 Å². The Bertz CT molecular complexity index is 826. The summed E-state index contributed by atoms with van der Waals surface area (Å²) in [7, 11) is 1.86. The highest BCUT2D eigenvalue weighted by Crippen LogP contribution is 2.34. The van der Waals surface area contributed by atoms with E-state index in [1.165, 1.54) is 17.7 Å². The molecule has 1 N–H and O–H groups in total. The number of hydrogen-bond acceptors (Lipinski definition) is 3. The molecule has 2 fully saturated rings. The summed E-state index contributed by atoms with van der Waals surface area (Å²) >= 11 is 0. The van der Waals surface area contributed by atoms with Crippen molar-refractivity contribution in [1.29, 1.82) is 0 Å². The highest BCUT2D eigenvalue weighted by atomic mass is 19.1. The van der Waals surface area contributed by atoms with E-state index >= 15 is 0 Å². The number of halogens is 1. The topological polar surface area (TPSA) is 40.1 Å². The van der Waals surface area contributed by atoms with Crippen molar-refractivity contribution in [2.45, 2.75) is 18.3 Å². The Morgan fingerprint density at radius 1 is 1.00 bits per heavy atom. The number of anilines is 1. The summed E-state index contributed by atoms with van der Waals surface area (Å²) in [5.41, 5.74) is 2.52. The molecule has 0 saturated carbocycles. The van der Waals surface area contributed by atoms with Crippen LogP contribution in [0.4, 0.5) is 10.1 Å². The quantitative estimate of drug-likeness (QED) is 0.620. The average Bonchev–Trinajstić information content (AvgIpc) is 2.82. The van der Waals surface area contributed by atoms with Crippen molar-refractivity contribution in [2.75, 3.05) is 57.9 Å². The number of rotatable bonds is 4. The zero-order chi connectivity index (χ0) is 20.8. The van der Waals surface area contributed by atoms with Crippen LogP contribution >= 0.6 is 0 Å². The normalized spacial score (nSPS) is 19.6. The fourth-order valence-electron chi connectivity index (χ4n) is 4.53. The van der Waals surface area contributed by atoms with Gasteiger partial charge >= 0.3 is 0 Å². The highest BCUT2D eigenvalue weighted by Gasteiger charge is 2.35. The Kier molecular flexibility index (Phi) is 6.53. The summed E-state index contributed by atoms with van der Waals surface area (Å²) in [6, 6.07) is 17.5. The van der Waals surface area contributed by atoms with Gasteiger partial charge in [-0.3, -0.25) is 4.99 Å². The largest absolute Gasteiger partial charge is 0.381 e. The third-order valence-corrected chi connectivity index (χ3v) is 6.40. The number of nitrogens with one attached hydrogen (secondary N) is 1. The van der Waals surface area contributed by atoms with Gasteiger partial charge in [0, 0.05) is 64.1 Å². The van der Waals surface area contributed by atoms with Crippen LogP contribution in [0.2, 0.25) is 0 Å². The smallest absolute Gasteiger partial charge is 0.193 e. The molecular formula is C24H31FN4O. The number of benzene rings is 2. The Balaban J connectivity index is 1.38. The predicted molar refractivity (Wildman–Crippen MR) is 120 cm³/mol. The predicted octanol–water partition coefficient (Wildman–Crippen LogP) is 3.27. The van der Waals surface area contributed by atoms with E-state index in [4.69, 9.17) is 4.74 Å². The van der Waals surface area contributed by atoms with Crippen LogP contribution in [0, 0.1) is 5.82 Å². The second-order valence-electron chi connectivity index (χ2n) is 8.11. The lowest BCUT2D eigenvalue weighted by molar-refractivity contribution is 0.0511. The van der Waals surface area contributed by atoms with Crippen LogP contribution in [0.1, 0.15) is 18.4 Å². The molecule has 30 heavy (non-hydrogen) atoms. The lowest BCUT2D eigenvalue weighted by Crippen LogP contribution is -2.55. The van der Waals surface area contributed by atoms with E-state index in [-0.39, 0.29) is 11.2 Å². The van der Waals surface area contributed by atoms with E-state index in [2.05, 4.69) is 50.4 Å².